The number of oxazole rings is 1. The van der Waals surface area contributed by atoms with Crippen molar-refractivity contribution in [2.45, 2.75) is 6.61 Å². The lowest BCUT2D eigenvalue weighted by Crippen LogP contribution is -2.06. The Hall–Kier alpha value is -3.19. The van der Waals surface area contributed by atoms with Gasteiger partial charge in [0.25, 0.3) is 5.69 Å². The zero-order valence-corrected chi connectivity index (χ0v) is 13.5. The smallest absolute Gasteiger partial charge is 0.340 e. The number of hydrogen-bond donors (Lipinski definition) is 0. The number of carbonyl (C=O) groups is 1. The van der Waals surface area contributed by atoms with E-state index in [1.807, 2.05) is 30.3 Å². The van der Waals surface area contributed by atoms with E-state index in [9.17, 15) is 14.9 Å². The number of non-ortho nitro benzene ring substituents is 1. The molecule has 1 aromatic heterocycles. The van der Waals surface area contributed by atoms with Gasteiger partial charge in [-0.2, -0.15) is 0 Å². The van der Waals surface area contributed by atoms with E-state index in [4.69, 9.17) is 20.8 Å². The lowest BCUT2D eigenvalue weighted by molar-refractivity contribution is -0.384. The number of benzene rings is 2. The summed E-state index contributed by atoms with van der Waals surface area (Å²) in [6, 6.07) is 12.9. The summed E-state index contributed by atoms with van der Waals surface area (Å²) < 4.78 is 10.6. The highest BCUT2D eigenvalue weighted by Gasteiger charge is 2.18. The molecule has 0 aliphatic rings. The van der Waals surface area contributed by atoms with Crippen LogP contribution in [0.25, 0.3) is 11.3 Å². The van der Waals surface area contributed by atoms with Crippen molar-refractivity contribution in [2.24, 2.45) is 0 Å². The van der Waals surface area contributed by atoms with Gasteiger partial charge in [0.2, 0.25) is 5.89 Å². The van der Waals surface area contributed by atoms with Gasteiger partial charge in [-0.15, -0.1) is 0 Å². The Labute approximate surface area is 147 Å². The molecule has 0 amide bonds. The minimum atomic E-state index is -0.798. The minimum Gasteiger partial charge on any atom is -0.452 e. The molecule has 0 bridgehead atoms. The zero-order valence-electron chi connectivity index (χ0n) is 12.7. The average molecular weight is 359 g/mol. The standard InChI is InChI=1S/C17H11ClN2O5/c18-14-7-6-12(20(22)23)8-13(14)17(21)24-10-16-19-9-15(25-16)11-4-2-1-3-5-11/h1-9H,10H2. The Kier molecular flexibility index (Phi) is 4.76. The quantitative estimate of drug-likeness (QED) is 0.384. The lowest BCUT2D eigenvalue weighted by Gasteiger charge is -2.04. The molecular weight excluding hydrogens is 348 g/mol. The largest absolute Gasteiger partial charge is 0.452 e. The summed E-state index contributed by atoms with van der Waals surface area (Å²) in [6.07, 6.45) is 1.53. The molecule has 0 spiro atoms. The van der Waals surface area contributed by atoms with E-state index in [0.717, 1.165) is 11.6 Å². The van der Waals surface area contributed by atoms with Crippen LogP contribution in [-0.4, -0.2) is 15.9 Å². The molecule has 126 valence electrons. The van der Waals surface area contributed by atoms with Gasteiger partial charge in [-0.25, -0.2) is 9.78 Å². The number of halogens is 1. The van der Waals surface area contributed by atoms with Crippen LogP contribution in [-0.2, 0) is 11.3 Å². The van der Waals surface area contributed by atoms with E-state index in [1.54, 1.807) is 0 Å². The predicted molar refractivity (Wildman–Crippen MR) is 89.2 cm³/mol. The Morgan fingerprint density at radius 1 is 1.24 bits per heavy atom. The molecule has 0 saturated carbocycles. The van der Waals surface area contributed by atoms with Crippen LogP contribution in [0.15, 0.2) is 59.1 Å². The van der Waals surface area contributed by atoms with Gasteiger partial charge in [0, 0.05) is 17.7 Å². The molecule has 0 aliphatic heterocycles. The molecule has 25 heavy (non-hydrogen) atoms. The molecule has 0 atom stereocenters. The third kappa shape index (κ3) is 3.84. The van der Waals surface area contributed by atoms with Gasteiger partial charge < -0.3 is 9.15 Å². The van der Waals surface area contributed by atoms with Crippen LogP contribution in [0.4, 0.5) is 5.69 Å². The average Bonchev–Trinajstić information content (AvgIpc) is 3.09. The molecule has 1 heterocycles. The highest BCUT2D eigenvalue weighted by molar-refractivity contribution is 6.33. The van der Waals surface area contributed by atoms with Crippen molar-refractivity contribution in [1.29, 1.82) is 0 Å². The number of esters is 1. The molecule has 0 N–H and O–H groups in total. The van der Waals surface area contributed by atoms with Crippen LogP contribution in [0.3, 0.4) is 0 Å². The van der Waals surface area contributed by atoms with E-state index in [1.165, 1.54) is 18.3 Å². The zero-order chi connectivity index (χ0) is 17.8. The summed E-state index contributed by atoms with van der Waals surface area (Å²) in [5.41, 5.74) is 0.499. The fourth-order valence-electron chi connectivity index (χ4n) is 2.10. The van der Waals surface area contributed by atoms with Crippen molar-refractivity contribution in [3.05, 3.63) is 81.3 Å². The highest BCUT2D eigenvalue weighted by Crippen LogP contribution is 2.24. The molecule has 8 heteroatoms. The van der Waals surface area contributed by atoms with E-state index in [2.05, 4.69) is 4.98 Å². The van der Waals surface area contributed by atoms with Crippen LogP contribution in [0, 0.1) is 10.1 Å². The van der Waals surface area contributed by atoms with Gasteiger partial charge >= 0.3 is 5.97 Å². The van der Waals surface area contributed by atoms with Crippen LogP contribution in [0.1, 0.15) is 16.2 Å². The second-order valence-electron chi connectivity index (χ2n) is 4.98. The van der Waals surface area contributed by atoms with Gasteiger partial charge in [-0.3, -0.25) is 10.1 Å². The molecule has 0 unspecified atom stereocenters. The fraction of sp³-hybridized carbons (Fsp3) is 0.0588. The lowest BCUT2D eigenvalue weighted by atomic mass is 10.2. The van der Waals surface area contributed by atoms with E-state index >= 15 is 0 Å². The molecule has 3 rings (SSSR count). The predicted octanol–water partition coefficient (Wildman–Crippen LogP) is 4.26. The maximum Gasteiger partial charge on any atom is 0.340 e. The van der Waals surface area contributed by atoms with Gasteiger partial charge in [0.15, 0.2) is 12.4 Å². The van der Waals surface area contributed by atoms with Gasteiger partial charge in [-0.1, -0.05) is 41.9 Å². The number of hydrogen-bond acceptors (Lipinski definition) is 6. The van der Waals surface area contributed by atoms with Crippen molar-refractivity contribution in [2.75, 3.05) is 0 Å². The summed E-state index contributed by atoms with van der Waals surface area (Å²) in [7, 11) is 0. The third-order valence-corrected chi connectivity index (χ3v) is 3.65. The number of rotatable bonds is 5. The number of nitro groups is 1. The summed E-state index contributed by atoms with van der Waals surface area (Å²) in [5, 5.41) is 10.9. The fourth-order valence-corrected chi connectivity index (χ4v) is 2.30. The van der Waals surface area contributed by atoms with Crippen molar-refractivity contribution in [3.8, 4) is 11.3 Å². The van der Waals surface area contributed by atoms with Gasteiger partial charge in [0.05, 0.1) is 21.7 Å². The molecular formula is C17H11ClN2O5. The van der Waals surface area contributed by atoms with Crippen molar-refractivity contribution >= 4 is 23.3 Å². The number of carbonyl (C=O) groups excluding carboxylic acids is 1. The summed E-state index contributed by atoms with van der Waals surface area (Å²) in [6.45, 7) is -0.218. The molecule has 2 aromatic carbocycles. The SMILES string of the molecule is O=C(OCc1ncc(-c2ccccc2)o1)c1cc([N+](=O)[O-])ccc1Cl. The van der Waals surface area contributed by atoms with Crippen LogP contribution >= 0.6 is 11.6 Å². The summed E-state index contributed by atoms with van der Waals surface area (Å²) >= 11 is 5.90. The normalized spacial score (nSPS) is 10.4. The van der Waals surface area contributed by atoms with E-state index in [-0.39, 0.29) is 28.8 Å². The van der Waals surface area contributed by atoms with Crippen LogP contribution < -0.4 is 0 Å². The first kappa shape index (κ1) is 16.7. The second-order valence-corrected chi connectivity index (χ2v) is 5.39. The van der Waals surface area contributed by atoms with Crippen molar-refractivity contribution in [1.82, 2.24) is 4.98 Å². The number of nitrogens with zero attached hydrogens (tertiary/aromatic N) is 2. The molecule has 0 saturated heterocycles. The Morgan fingerprint density at radius 2 is 2.00 bits per heavy atom. The Morgan fingerprint density at radius 3 is 2.72 bits per heavy atom. The van der Waals surface area contributed by atoms with Gasteiger partial charge in [-0.05, 0) is 6.07 Å². The van der Waals surface area contributed by atoms with Gasteiger partial charge in [0.1, 0.15) is 0 Å². The number of ether oxygens (including phenoxy) is 1. The first-order chi connectivity index (χ1) is 12.0. The minimum absolute atomic E-state index is 0.0629. The molecule has 7 nitrogen and oxygen atoms in total. The second kappa shape index (κ2) is 7.14. The number of nitro benzene ring substituents is 1. The first-order valence-electron chi connectivity index (χ1n) is 7.16. The van der Waals surface area contributed by atoms with Crippen LogP contribution in [0.5, 0.6) is 0 Å². The molecule has 0 radical (unpaired) electrons. The van der Waals surface area contributed by atoms with Crippen molar-refractivity contribution in [3.63, 3.8) is 0 Å². The van der Waals surface area contributed by atoms with Crippen molar-refractivity contribution < 1.29 is 18.9 Å². The Balaban J connectivity index is 1.70. The maximum absolute atomic E-state index is 12.1. The number of aromatic nitrogens is 1. The monoisotopic (exact) mass is 358 g/mol. The maximum atomic E-state index is 12.1. The highest BCUT2D eigenvalue weighted by atomic mass is 35.5. The summed E-state index contributed by atoms with van der Waals surface area (Å²) in [5.74, 6) is -0.0538. The summed E-state index contributed by atoms with van der Waals surface area (Å²) in [4.78, 5) is 26.3. The van der Waals surface area contributed by atoms with Crippen LogP contribution in [0.2, 0.25) is 5.02 Å². The first-order valence-corrected chi connectivity index (χ1v) is 7.53. The van der Waals surface area contributed by atoms with E-state index in [0.29, 0.717) is 5.76 Å². The van der Waals surface area contributed by atoms with E-state index < -0.39 is 10.9 Å². The third-order valence-electron chi connectivity index (χ3n) is 3.32. The molecule has 3 aromatic rings. The Bertz CT molecular complexity index is 924. The molecule has 0 aliphatic carbocycles. The molecule has 0 fully saturated rings. The topological polar surface area (TPSA) is 95.5 Å².